The summed E-state index contributed by atoms with van der Waals surface area (Å²) in [6, 6.07) is 0. The van der Waals surface area contributed by atoms with E-state index in [1.165, 1.54) is 31.6 Å². The molecule has 2 fully saturated rings. The molecule has 0 spiro atoms. The van der Waals surface area contributed by atoms with Crippen LogP contribution in [0.1, 0.15) is 32.6 Å². The Balaban J connectivity index is 1.76. The van der Waals surface area contributed by atoms with E-state index in [2.05, 4.69) is 23.6 Å². The lowest BCUT2D eigenvalue weighted by molar-refractivity contribution is -0.125. The van der Waals surface area contributed by atoms with Gasteiger partial charge in [-0.3, -0.25) is 4.79 Å². The molecule has 0 N–H and O–H groups in total. The van der Waals surface area contributed by atoms with Gasteiger partial charge in [-0.2, -0.15) is 11.8 Å². The summed E-state index contributed by atoms with van der Waals surface area (Å²) in [5, 5.41) is 0.833. The summed E-state index contributed by atoms with van der Waals surface area (Å²) < 4.78 is 0. The Bertz CT molecular complexity index is 226. The van der Waals surface area contributed by atoms with Crippen LogP contribution in [0.5, 0.6) is 0 Å². The molecule has 2 saturated heterocycles. The van der Waals surface area contributed by atoms with Gasteiger partial charge in [-0.05, 0) is 18.6 Å². The van der Waals surface area contributed by atoms with Crippen LogP contribution in [-0.4, -0.2) is 41.3 Å². The van der Waals surface area contributed by atoms with Crippen LogP contribution < -0.4 is 0 Å². The number of hydrogen-bond donors (Lipinski definition) is 0. The molecule has 2 atom stereocenters. The number of carbonyl (C=O) groups excluding carboxylic acids is 1. The maximum atomic E-state index is 11.4. The third-order valence-corrected chi connectivity index (χ3v) is 4.87. The Morgan fingerprint density at radius 2 is 2.33 bits per heavy atom. The first-order valence-electron chi connectivity index (χ1n) is 6.12. The molecule has 86 valence electrons. The van der Waals surface area contributed by atoms with Gasteiger partial charge in [-0.15, -0.1) is 0 Å². The second-order valence-corrected chi connectivity index (χ2v) is 6.27. The number of rotatable bonds is 2. The van der Waals surface area contributed by atoms with Gasteiger partial charge in [-0.1, -0.05) is 13.3 Å². The van der Waals surface area contributed by atoms with Gasteiger partial charge >= 0.3 is 0 Å². The van der Waals surface area contributed by atoms with Gasteiger partial charge in [0, 0.05) is 37.2 Å². The zero-order valence-electron chi connectivity index (χ0n) is 9.58. The van der Waals surface area contributed by atoms with E-state index in [1.807, 2.05) is 0 Å². The molecular formula is C12H21NOS. The molecule has 2 heterocycles. The first-order valence-corrected chi connectivity index (χ1v) is 7.17. The Morgan fingerprint density at radius 1 is 1.47 bits per heavy atom. The molecule has 15 heavy (non-hydrogen) atoms. The van der Waals surface area contributed by atoms with Crippen molar-refractivity contribution in [2.45, 2.75) is 37.9 Å². The number of piperidine rings is 1. The van der Waals surface area contributed by atoms with Crippen LogP contribution in [0, 0.1) is 5.92 Å². The highest BCUT2D eigenvalue weighted by Gasteiger charge is 2.25. The number of carbonyl (C=O) groups is 1. The van der Waals surface area contributed by atoms with Crippen molar-refractivity contribution in [2.24, 2.45) is 5.92 Å². The average Bonchev–Trinajstić information content (AvgIpc) is 2.25. The Labute approximate surface area is 96.8 Å². The monoisotopic (exact) mass is 227 g/mol. The number of ketones is 1. The van der Waals surface area contributed by atoms with E-state index in [4.69, 9.17) is 0 Å². The molecule has 2 aliphatic heterocycles. The number of likely N-dealkylation sites (tertiary alicyclic amines) is 1. The third-order valence-electron chi connectivity index (χ3n) is 3.49. The van der Waals surface area contributed by atoms with Crippen LogP contribution >= 0.6 is 11.8 Å². The second kappa shape index (κ2) is 5.35. The van der Waals surface area contributed by atoms with Crippen LogP contribution in [0.2, 0.25) is 0 Å². The molecule has 2 aliphatic rings. The van der Waals surface area contributed by atoms with Crippen molar-refractivity contribution >= 4 is 17.5 Å². The van der Waals surface area contributed by atoms with Crippen molar-refractivity contribution in [3.05, 3.63) is 0 Å². The van der Waals surface area contributed by atoms with Gasteiger partial charge in [-0.25, -0.2) is 0 Å². The molecule has 2 rings (SSSR count). The molecule has 0 radical (unpaired) electrons. The summed E-state index contributed by atoms with van der Waals surface area (Å²) in [6.45, 7) is 5.28. The van der Waals surface area contributed by atoms with E-state index < -0.39 is 0 Å². The molecule has 2 unspecified atom stereocenters. The minimum Gasteiger partial charge on any atom is -0.301 e. The second-order valence-electron chi connectivity index (χ2n) is 4.87. The molecule has 2 nitrogen and oxygen atoms in total. The molecule has 0 aromatic carbocycles. The topological polar surface area (TPSA) is 20.3 Å². The van der Waals surface area contributed by atoms with Gasteiger partial charge in [0.25, 0.3) is 0 Å². The van der Waals surface area contributed by atoms with Crippen LogP contribution in [0.15, 0.2) is 0 Å². The van der Waals surface area contributed by atoms with Crippen LogP contribution in [0.4, 0.5) is 0 Å². The third kappa shape index (κ3) is 3.22. The molecule has 3 heteroatoms. The summed E-state index contributed by atoms with van der Waals surface area (Å²) in [5.41, 5.74) is 0. The van der Waals surface area contributed by atoms with Crippen molar-refractivity contribution in [2.75, 3.05) is 25.4 Å². The highest BCUT2D eigenvalue weighted by Crippen LogP contribution is 2.26. The normalized spacial score (nSPS) is 34.3. The van der Waals surface area contributed by atoms with E-state index >= 15 is 0 Å². The quantitative estimate of drug-likeness (QED) is 0.721. The SMILES string of the molecule is CC1CN(CC2CCCCS2)CCC1=O. The fourth-order valence-corrected chi connectivity index (χ4v) is 3.85. The average molecular weight is 227 g/mol. The molecule has 0 aromatic heterocycles. The number of hydrogen-bond acceptors (Lipinski definition) is 3. The number of Topliss-reactive ketones (excluding diaryl/α,β-unsaturated/α-hetero) is 1. The van der Waals surface area contributed by atoms with Crippen molar-refractivity contribution < 1.29 is 4.79 Å². The maximum absolute atomic E-state index is 11.4. The number of thioether (sulfide) groups is 1. The molecule has 0 aromatic rings. The van der Waals surface area contributed by atoms with Crippen molar-refractivity contribution in [1.29, 1.82) is 0 Å². The lowest BCUT2D eigenvalue weighted by atomic mass is 9.98. The zero-order chi connectivity index (χ0) is 10.7. The largest absolute Gasteiger partial charge is 0.301 e. The van der Waals surface area contributed by atoms with Crippen LogP contribution in [0.3, 0.4) is 0 Å². The zero-order valence-corrected chi connectivity index (χ0v) is 10.4. The molecule has 0 aliphatic carbocycles. The van der Waals surface area contributed by atoms with E-state index in [0.29, 0.717) is 5.78 Å². The Hall–Kier alpha value is -0.0200. The minimum atomic E-state index is 0.271. The van der Waals surface area contributed by atoms with E-state index in [-0.39, 0.29) is 5.92 Å². The maximum Gasteiger partial charge on any atom is 0.138 e. The summed E-state index contributed by atoms with van der Waals surface area (Å²) in [6.07, 6.45) is 4.96. The van der Waals surface area contributed by atoms with Crippen molar-refractivity contribution in [1.82, 2.24) is 4.90 Å². The van der Waals surface area contributed by atoms with Crippen LogP contribution in [0.25, 0.3) is 0 Å². The fourth-order valence-electron chi connectivity index (χ4n) is 2.50. The molecule has 0 saturated carbocycles. The van der Waals surface area contributed by atoms with Crippen LogP contribution in [-0.2, 0) is 4.79 Å². The van der Waals surface area contributed by atoms with Gasteiger partial charge in [0.15, 0.2) is 0 Å². The smallest absolute Gasteiger partial charge is 0.138 e. The summed E-state index contributed by atoms with van der Waals surface area (Å²) in [4.78, 5) is 13.9. The predicted molar refractivity (Wildman–Crippen MR) is 65.3 cm³/mol. The predicted octanol–water partition coefficient (Wildman–Crippen LogP) is 2.18. The summed E-state index contributed by atoms with van der Waals surface area (Å²) >= 11 is 2.13. The van der Waals surface area contributed by atoms with Gasteiger partial charge in [0.05, 0.1) is 0 Å². The fraction of sp³-hybridized carbons (Fsp3) is 0.917. The van der Waals surface area contributed by atoms with E-state index in [0.717, 1.165) is 24.8 Å². The lowest BCUT2D eigenvalue weighted by Gasteiger charge is -2.33. The summed E-state index contributed by atoms with van der Waals surface area (Å²) in [7, 11) is 0. The minimum absolute atomic E-state index is 0.271. The molecular weight excluding hydrogens is 206 g/mol. The van der Waals surface area contributed by atoms with Crippen molar-refractivity contribution in [3.8, 4) is 0 Å². The standard InChI is InChI=1S/C12H21NOS/c1-10-8-13(6-5-12(10)14)9-11-4-2-3-7-15-11/h10-11H,2-9H2,1H3. The van der Waals surface area contributed by atoms with E-state index in [1.54, 1.807) is 0 Å². The Kier molecular flexibility index (Phi) is 4.09. The lowest BCUT2D eigenvalue weighted by Crippen LogP contribution is -2.42. The van der Waals surface area contributed by atoms with E-state index in [9.17, 15) is 4.79 Å². The first kappa shape index (κ1) is 11.5. The first-order chi connectivity index (χ1) is 7.25. The molecule has 0 bridgehead atoms. The van der Waals surface area contributed by atoms with Gasteiger partial charge in [0.2, 0.25) is 0 Å². The summed E-state index contributed by atoms with van der Waals surface area (Å²) in [5.74, 6) is 2.07. The highest BCUT2D eigenvalue weighted by molar-refractivity contribution is 7.99. The Morgan fingerprint density at radius 3 is 3.00 bits per heavy atom. The van der Waals surface area contributed by atoms with Crippen molar-refractivity contribution in [3.63, 3.8) is 0 Å². The van der Waals surface area contributed by atoms with Gasteiger partial charge < -0.3 is 4.90 Å². The molecule has 0 amide bonds. The number of nitrogens with zero attached hydrogens (tertiary/aromatic N) is 1. The van der Waals surface area contributed by atoms with Gasteiger partial charge in [0.1, 0.15) is 5.78 Å². The highest BCUT2D eigenvalue weighted by atomic mass is 32.2.